The highest BCUT2D eigenvalue weighted by Gasteiger charge is 2.52. The normalized spacial score (nSPS) is 46.0. The number of aliphatic hydroxyl groups is 5. The van der Waals surface area contributed by atoms with Gasteiger partial charge in [-0.3, -0.25) is 9.59 Å². The number of hydrogen-bond acceptors (Lipinski definition) is 11. The van der Waals surface area contributed by atoms with E-state index in [1.165, 1.54) is 0 Å². The van der Waals surface area contributed by atoms with Crippen LogP contribution in [0.4, 0.5) is 0 Å². The summed E-state index contributed by atoms with van der Waals surface area (Å²) in [5, 5.41) is 54.7. The number of cyclic esters (lactones) is 1. The molecule has 0 saturated carbocycles. The molecule has 11 heteroatoms. The Kier molecular flexibility index (Phi) is 11.8. The molecule has 4 aliphatic rings. The number of carbonyl (C=O) groups is 2. The first kappa shape index (κ1) is 35.2. The zero-order valence-corrected chi connectivity index (χ0v) is 26.5. The molecule has 0 amide bonds. The van der Waals surface area contributed by atoms with Gasteiger partial charge in [0, 0.05) is 12.3 Å². The number of hydrogen-bond donors (Lipinski definition) is 5. The summed E-state index contributed by atoms with van der Waals surface area (Å²) in [5.74, 6) is -4.56. The van der Waals surface area contributed by atoms with E-state index in [-0.39, 0.29) is 42.8 Å². The molecule has 0 radical (unpaired) electrons. The van der Waals surface area contributed by atoms with Gasteiger partial charge >= 0.3 is 5.97 Å². The highest BCUT2D eigenvalue weighted by atomic mass is 16.7. The van der Waals surface area contributed by atoms with Crippen molar-refractivity contribution in [3.05, 3.63) is 23.8 Å². The number of epoxide rings is 1. The van der Waals surface area contributed by atoms with Gasteiger partial charge < -0.3 is 44.5 Å². The molecule has 44 heavy (non-hydrogen) atoms. The van der Waals surface area contributed by atoms with Gasteiger partial charge in [0.1, 0.15) is 36.3 Å². The number of Topliss-reactive ketones (excluding diaryl/α,β-unsaturated/α-hetero) is 1. The zero-order valence-electron chi connectivity index (χ0n) is 26.5. The van der Waals surface area contributed by atoms with E-state index in [9.17, 15) is 35.1 Å². The first-order chi connectivity index (χ1) is 20.7. The maximum Gasteiger partial charge on any atom is 0.311 e. The van der Waals surface area contributed by atoms with Crippen molar-refractivity contribution in [3.8, 4) is 0 Å². The van der Waals surface area contributed by atoms with Crippen LogP contribution in [0.3, 0.4) is 0 Å². The minimum Gasteiger partial charge on any atom is -0.459 e. The van der Waals surface area contributed by atoms with Gasteiger partial charge in [0.25, 0.3) is 0 Å². The van der Waals surface area contributed by atoms with Gasteiger partial charge in [-0.25, -0.2) is 0 Å². The molecule has 0 aliphatic carbocycles. The molecule has 0 aromatic heterocycles. The van der Waals surface area contributed by atoms with Crippen LogP contribution in [0.1, 0.15) is 91.9 Å². The van der Waals surface area contributed by atoms with Crippen molar-refractivity contribution in [2.24, 2.45) is 11.8 Å². The second kappa shape index (κ2) is 14.8. The number of aliphatic hydroxyl groups excluding tert-OH is 4. The number of rotatable bonds is 3. The Balaban J connectivity index is 1.55. The van der Waals surface area contributed by atoms with Crippen LogP contribution in [-0.4, -0.2) is 104 Å². The van der Waals surface area contributed by atoms with Crippen LogP contribution in [0, 0.1) is 11.8 Å². The Morgan fingerprint density at radius 1 is 0.977 bits per heavy atom. The molecule has 13 atom stereocenters. The second-order valence-corrected chi connectivity index (χ2v) is 13.4. The Bertz CT molecular complexity index is 1060. The molecule has 0 spiro atoms. The van der Waals surface area contributed by atoms with Crippen molar-refractivity contribution < 1.29 is 54.1 Å². The summed E-state index contributed by atoms with van der Waals surface area (Å²) in [6.45, 7) is 10.9. The first-order valence-corrected chi connectivity index (χ1v) is 16.3. The molecule has 0 aromatic rings. The molecule has 3 saturated heterocycles. The molecule has 250 valence electrons. The van der Waals surface area contributed by atoms with Crippen molar-refractivity contribution in [1.82, 2.24) is 0 Å². The van der Waals surface area contributed by atoms with Crippen LogP contribution in [-0.2, 0) is 28.5 Å². The smallest absolute Gasteiger partial charge is 0.311 e. The standard InChI is InChI=1S/C33H52O11/c1-6-7-8-25-26-11-9-21(41-26)15-22-10-12-27(36)33(40,44-22)28(37)14-17(2)13-18(3)23(34)16-24(35)19(4)30-31(43-30)29(38)20(5)32(39)42-25/h13,18,20-22,24-31,35-38,40H,4,6-12,14-16H2,1-3,5H3/b17-13+/t18?,20-,21-,22-,24-,25-,26-,27-,28-,29+,30+,31+,33-/m1/s1. The fraction of sp³-hybridized carbons (Fsp3) is 0.818. The van der Waals surface area contributed by atoms with Gasteiger partial charge in [-0.05, 0) is 70.8 Å². The number of ether oxygens (including phenoxy) is 4. The summed E-state index contributed by atoms with van der Waals surface area (Å²) in [5.41, 5.74) is 0.861. The summed E-state index contributed by atoms with van der Waals surface area (Å²) in [4.78, 5) is 26.1. The van der Waals surface area contributed by atoms with E-state index in [4.69, 9.17) is 18.9 Å². The topological polar surface area (TPSA) is 176 Å². The highest BCUT2D eigenvalue weighted by Crippen LogP contribution is 2.39. The van der Waals surface area contributed by atoms with Crippen molar-refractivity contribution in [3.63, 3.8) is 0 Å². The summed E-state index contributed by atoms with van der Waals surface area (Å²) >= 11 is 0. The fourth-order valence-corrected chi connectivity index (χ4v) is 6.72. The lowest BCUT2D eigenvalue weighted by Gasteiger charge is -2.44. The molecule has 0 aromatic carbocycles. The maximum absolute atomic E-state index is 13.2. The second-order valence-electron chi connectivity index (χ2n) is 13.4. The van der Waals surface area contributed by atoms with E-state index in [0.717, 1.165) is 12.8 Å². The zero-order chi connectivity index (χ0) is 32.3. The molecule has 1 unspecified atom stereocenters. The van der Waals surface area contributed by atoms with E-state index in [2.05, 4.69) is 6.58 Å². The van der Waals surface area contributed by atoms with Gasteiger partial charge in [-0.15, -0.1) is 0 Å². The third-order valence-electron chi connectivity index (χ3n) is 9.75. The van der Waals surface area contributed by atoms with Crippen molar-refractivity contribution >= 4 is 11.8 Å². The van der Waals surface area contributed by atoms with E-state index < -0.39 is 72.4 Å². The van der Waals surface area contributed by atoms with Crippen LogP contribution in [0.2, 0.25) is 0 Å². The van der Waals surface area contributed by atoms with E-state index in [1.54, 1.807) is 26.8 Å². The lowest BCUT2D eigenvalue weighted by Crippen LogP contribution is -2.59. The third kappa shape index (κ3) is 8.17. The molecule has 4 rings (SSSR count). The summed E-state index contributed by atoms with van der Waals surface area (Å²) in [6.07, 6.45) is -1.92. The largest absolute Gasteiger partial charge is 0.459 e. The predicted octanol–water partition coefficient (Wildman–Crippen LogP) is 2.24. The Morgan fingerprint density at radius 2 is 1.68 bits per heavy atom. The Labute approximate surface area is 260 Å². The van der Waals surface area contributed by atoms with E-state index in [1.807, 2.05) is 6.92 Å². The minimum absolute atomic E-state index is 0.0344. The van der Waals surface area contributed by atoms with Gasteiger partial charge in [-0.2, -0.15) is 0 Å². The predicted molar refractivity (Wildman–Crippen MR) is 159 cm³/mol. The van der Waals surface area contributed by atoms with Crippen LogP contribution in [0.5, 0.6) is 0 Å². The number of fused-ring (bicyclic) bond motifs is 5. The van der Waals surface area contributed by atoms with Crippen LogP contribution in [0.15, 0.2) is 23.8 Å². The van der Waals surface area contributed by atoms with Gasteiger partial charge in [0.05, 0.1) is 36.4 Å². The number of unbranched alkanes of at least 4 members (excludes halogenated alkanes) is 1. The number of allylic oxidation sites excluding steroid dienone is 1. The SMILES string of the molecule is C=C1[C@H](O)CC(=O)C(C)/C=C(\C)C[C@@H](O)[C@]2(O)O[C@H](CC[C@H]2O)C[C@H]2CC[C@@H](O2)[C@@H](CCCC)OC(=O)[C@H](C)[C@H](O)[C@@H]2O[C@@H]12. The van der Waals surface area contributed by atoms with E-state index in [0.29, 0.717) is 37.7 Å². The van der Waals surface area contributed by atoms with Gasteiger partial charge in [0.15, 0.2) is 0 Å². The lowest BCUT2D eigenvalue weighted by molar-refractivity contribution is -0.337. The van der Waals surface area contributed by atoms with Crippen molar-refractivity contribution in [2.45, 2.75) is 159 Å². The molecule has 5 N–H and O–H groups in total. The van der Waals surface area contributed by atoms with Crippen LogP contribution >= 0.6 is 0 Å². The van der Waals surface area contributed by atoms with Crippen molar-refractivity contribution in [2.75, 3.05) is 0 Å². The molecule has 4 aliphatic heterocycles. The van der Waals surface area contributed by atoms with Gasteiger partial charge in [0.2, 0.25) is 5.79 Å². The average molecular weight is 625 g/mol. The number of ketones is 1. The summed E-state index contributed by atoms with van der Waals surface area (Å²) in [7, 11) is 0. The first-order valence-electron chi connectivity index (χ1n) is 16.3. The molecule has 3 fully saturated rings. The van der Waals surface area contributed by atoms with Gasteiger partial charge in [-0.1, -0.05) is 38.5 Å². The summed E-state index contributed by atoms with van der Waals surface area (Å²) in [6, 6.07) is 0. The number of carbonyl (C=O) groups excluding carboxylic acids is 2. The van der Waals surface area contributed by atoms with Crippen molar-refractivity contribution in [1.29, 1.82) is 0 Å². The third-order valence-corrected chi connectivity index (χ3v) is 9.75. The molecule has 4 heterocycles. The molecule has 4 bridgehead atoms. The molecular weight excluding hydrogens is 572 g/mol. The molecular formula is C33H52O11. The minimum atomic E-state index is -2.19. The van der Waals surface area contributed by atoms with Crippen LogP contribution in [0.25, 0.3) is 0 Å². The maximum atomic E-state index is 13.2. The Morgan fingerprint density at radius 3 is 2.39 bits per heavy atom. The fourth-order valence-electron chi connectivity index (χ4n) is 6.72. The van der Waals surface area contributed by atoms with Crippen LogP contribution < -0.4 is 0 Å². The average Bonchev–Trinajstić information content (AvgIpc) is 3.65. The quantitative estimate of drug-likeness (QED) is 0.177. The monoisotopic (exact) mass is 624 g/mol. The molecule has 11 nitrogen and oxygen atoms in total. The summed E-state index contributed by atoms with van der Waals surface area (Å²) < 4.78 is 23.8. The Hall–Kier alpha value is -1.70. The lowest BCUT2D eigenvalue weighted by atomic mass is 9.88. The highest BCUT2D eigenvalue weighted by molar-refractivity contribution is 5.83. The van der Waals surface area contributed by atoms with E-state index >= 15 is 0 Å². The number of esters is 1.